The van der Waals surface area contributed by atoms with E-state index in [0.717, 1.165) is 19.6 Å². The summed E-state index contributed by atoms with van der Waals surface area (Å²) in [4.78, 5) is 26.8. The Kier molecular flexibility index (Phi) is 5.88. The van der Waals surface area contributed by atoms with Gasteiger partial charge in [-0.25, -0.2) is 4.39 Å². The highest BCUT2D eigenvalue weighted by molar-refractivity contribution is 6.01. The quantitative estimate of drug-likeness (QED) is 0.836. The van der Waals surface area contributed by atoms with Crippen LogP contribution in [0.2, 0.25) is 0 Å². The van der Waals surface area contributed by atoms with E-state index in [0.29, 0.717) is 30.3 Å². The molecule has 1 saturated heterocycles. The van der Waals surface area contributed by atoms with Crippen molar-refractivity contribution in [1.82, 2.24) is 10.2 Å². The summed E-state index contributed by atoms with van der Waals surface area (Å²) < 4.78 is 19.1. The highest BCUT2D eigenvalue weighted by Crippen LogP contribution is 2.32. The molecular formula is C19H26FN3O3. The average molecular weight is 363 g/mol. The molecule has 2 aliphatic heterocycles. The number of carbonyl (C=O) groups is 2. The molecule has 0 spiro atoms. The standard InChI is InChI=1S/C19H26FN3O3/c1-12(2)10-23-5-6-26-14(11-23)9-21-19(25)16-8-18(24)22-17-7-13(20)3-4-15(16)17/h3-4,7,12,14,16H,5-6,8-11H2,1-2H3,(H,21,25)(H,22,24). The SMILES string of the molecule is CC(C)CN1CCOC(CNC(=O)C2CC(=O)Nc3cc(F)ccc32)C1. The number of hydrogen-bond donors (Lipinski definition) is 2. The van der Waals surface area contributed by atoms with E-state index in [2.05, 4.69) is 29.4 Å². The topological polar surface area (TPSA) is 70.7 Å². The van der Waals surface area contributed by atoms with Gasteiger partial charge in [-0.15, -0.1) is 0 Å². The Bertz CT molecular complexity index is 680. The van der Waals surface area contributed by atoms with Crippen molar-refractivity contribution in [2.45, 2.75) is 32.3 Å². The van der Waals surface area contributed by atoms with Gasteiger partial charge in [-0.05, 0) is 23.6 Å². The first-order valence-corrected chi connectivity index (χ1v) is 9.13. The zero-order valence-corrected chi connectivity index (χ0v) is 15.3. The largest absolute Gasteiger partial charge is 0.374 e. The lowest BCUT2D eigenvalue weighted by atomic mass is 9.89. The number of hydrogen-bond acceptors (Lipinski definition) is 4. The van der Waals surface area contributed by atoms with E-state index < -0.39 is 11.7 Å². The number of amides is 2. The number of fused-ring (bicyclic) bond motifs is 1. The zero-order valence-electron chi connectivity index (χ0n) is 15.3. The van der Waals surface area contributed by atoms with Crippen molar-refractivity contribution in [2.75, 3.05) is 38.1 Å². The van der Waals surface area contributed by atoms with E-state index in [1.54, 1.807) is 6.07 Å². The smallest absolute Gasteiger partial charge is 0.228 e. The van der Waals surface area contributed by atoms with E-state index in [9.17, 15) is 14.0 Å². The number of rotatable bonds is 5. The Morgan fingerprint density at radius 1 is 1.46 bits per heavy atom. The Hall–Kier alpha value is -1.99. The zero-order chi connectivity index (χ0) is 18.7. The molecule has 2 unspecified atom stereocenters. The summed E-state index contributed by atoms with van der Waals surface area (Å²) >= 11 is 0. The molecule has 2 atom stereocenters. The van der Waals surface area contributed by atoms with E-state index in [1.165, 1.54) is 12.1 Å². The lowest BCUT2D eigenvalue weighted by molar-refractivity contribution is -0.127. The number of nitrogens with zero attached hydrogens (tertiary/aromatic N) is 1. The molecule has 0 bridgehead atoms. The first-order chi connectivity index (χ1) is 12.4. The molecule has 26 heavy (non-hydrogen) atoms. The van der Waals surface area contributed by atoms with Gasteiger partial charge in [-0.1, -0.05) is 19.9 Å². The molecule has 2 amide bonds. The maximum Gasteiger partial charge on any atom is 0.228 e. The number of carbonyl (C=O) groups excluding carboxylic acids is 2. The molecule has 2 aliphatic rings. The average Bonchev–Trinajstić information content (AvgIpc) is 2.58. The van der Waals surface area contributed by atoms with Gasteiger partial charge in [0.1, 0.15) is 5.82 Å². The number of morpholine rings is 1. The summed E-state index contributed by atoms with van der Waals surface area (Å²) in [7, 11) is 0. The minimum absolute atomic E-state index is 0.0587. The summed E-state index contributed by atoms with van der Waals surface area (Å²) in [5.74, 6) is -0.959. The maximum absolute atomic E-state index is 13.4. The van der Waals surface area contributed by atoms with Crippen molar-refractivity contribution in [3.05, 3.63) is 29.6 Å². The molecule has 142 valence electrons. The fourth-order valence-electron chi connectivity index (χ4n) is 3.59. The molecule has 0 radical (unpaired) electrons. The summed E-state index contributed by atoms with van der Waals surface area (Å²) in [5, 5.41) is 5.53. The Morgan fingerprint density at radius 2 is 2.27 bits per heavy atom. The van der Waals surface area contributed by atoms with Crippen molar-refractivity contribution < 1.29 is 18.7 Å². The van der Waals surface area contributed by atoms with Crippen LogP contribution in [0, 0.1) is 11.7 Å². The number of ether oxygens (including phenoxy) is 1. The van der Waals surface area contributed by atoms with Gasteiger partial charge in [0.05, 0.1) is 18.6 Å². The molecule has 7 heteroatoms. The van der Waals surface area contributed by atoms with Crippen molar-refractivity contribution in [3.63, 3.8) is 0 Å². The molecule has 1 aromatic rings. The molecule has 1 fully saturated rings. The lowest BCUT2D eigenvalue weighted by Crippen LogP contribution is -2.49. The molecule has 2 N–H and O–H groups in total. The highest BCUT2D eigenvalue weighted by atomic mass is 19.1. The monoisotopic (exact) mass is 363 g/mol. The summed E-state index contributed by atoms with van der Waals surface area (Å²) in [6, 6.07) is 4.13. The first kappa shape index (κ1) is 18.8. The van der Waals surface area contributed by atoms with Gasteiger partial charge in [-0.2, -0.15) is 0 Å². The first-order valence-electron chi connectivity index (χ1n) is 9.13. The molecule has 6 nitrogen and oxygen atoms in total. The Balaban J connectivity index is 1.59. The molecule has 0 aliphatic carbocycles. The van der Waals surface area contributed by atoms with Crippen LogP contribution in [0.25, 0.3) is 0 Å². The van der Waals surface area contributed by atoms with Gasteiger partial charge >= 0.3 is 0 Å². The molecule has 1 aromatic carbocycles. The molecular weight excluding hydrogens is 337 g/mol. The van der Waals surface area contributed by atoms with Gasteiger partial charge in [0.25, 0.3) is 0 Å². The molecule has 0 aromatic heterocycles. The van der Waals surface area contributed by atoms with E-state index >= 15 is 0 Å². The Labute approximate surface area is 153 Å². The Morgan fingerprint density at radius 3 is 3.04 bits per heavy atom. The van der Waals surface area contributed by atoms with Crippen LogP contribution in [0.15, 0.2) is 18.2 Å². The number of anilines is 1. The highest BCUT2D eigenvalue weighted by Gasteiger charge is 2.31. The minimum atomic E-state index is -0.602. The second kappa shape index (κ2) is 8.14. The predicted molar refractivity (Wildman–Crippen MR) is 96.4 cm³/mol. The van der Waals surface area contributed by atoms with Crippen LogP contribution >= 0.6 is 0 Å². The second-order valence-electron chi connectivity index (χ2n) is 7.43. The lowest BCUT2D eigenvalue weighted by Gasteiger charge is -2.34. The maximum atomic E-state index is 13.4. The van der Waals surface area contributed by atoms with Gasteiger partial charge in [-0.3, -0.25) is 14.5 Å². The van der Waals surface area contributed by atoms with Crippen molar-refractivity contribution in [3.8, 4) is 0 Å². The van der Waals surface area contributed by atoms with Crippen LogP contribution in [0.3, 0.4) is 0 Å². The normalized spacial score (nSPS) is 23.5. The number of nitrogens with one attached hydrogen (secondary N) is 2. The minimum Gasteiger partial charge on any atom is -0.374 e. The van der Waals surface area contributed by atoms with Crippen molar-refractivity contribution >= 4 is 17.5 Å². The van der Waals surface area contributed by atoms with Crippen LogP contribution in [0.4, 0.5) is 10.1 Å². The summed E-state index contributed by atoms with van der Waals surface area (Å²) in [6.45, 7) is 8.12. The second-order valence-corrected chi connectivity index (χ2v) is 7.43. The number of halogens is 1. The fraction of sp³-hybridized carbons (Fsp3) is 0.579. The van der Waals surface area contributed by atoms with Gasteiger partial charge in [0, 0.05) is 38.3 Å². The molecule has 3 rings (SSSR count). The van der Waals surface area contributed by atoms with Crippen LogP contribution in [-0.2, 0) is 14.3 Å². The van der Waals surface area contributed by atoms with Gasteiger partial charge in [0.15, 0.2) is 0 Å². The van der Waals surface area contributed by atoms with Crippen LogP contribution < -0.4 is 10.6 Å². The van der Waals surface area contributed by atoms with Crippen LogP contribution in [0.1, 0.15) is 31.7 Å². The van der Waals surface area contributed by atoms with Crippen LogP contribution in [0.5, 0.6) is 0 Å². The third kappa shape index (κ3) is 4.59. The van der Waals surface area contributed by atoms with Crippen LogP contribution in [-0.4, -0.2) is 55.6 Å². The van der Waals surface area contributed by atoms with Crippen molar-refractivity contribution in [1.29, 1.82) is 0 Å². The van der Waals surface area contributed by atoms with E-state index in [1.807, 2.05) is 0 Å². The number of benzene rings is 1. The summed E-state index contributed by atoms with van der Waals surface area (Å²) in [5.41, 5.74) is 1.02. The van der Waals surface area contributed by atoms with E-state index in [-0.39, 0.29) is 24.3 Å². The third-order valence-electron chi connectivity index (χ3n) is 4.72. The third-order valence-corrected chi connectivity index (χ3v) is 4.72. The fourth-order valence-corrected chi connectivity index (χ4v) is 3.59. The van der Waals surface area contributed by atoms with Gasteiger partial charge < -0.3 is 15.4 Å². The molecule has 0 saturated carbocycles. The van der Waals surface area contributed by atoms with Crippen molar-refractivity contribution in [2.24, 2.45) is 5.92 Å². The summed E-state index contributed by atoms with van der Waals surface area (Å²) in [6.07, 6.45) is 0.00620. The van der Waals surface area contributed by atoms with Gasteiger partial charge in [0.2, 0.25) is 11.8 Å². The van der Waals surface area contributed by atoms with E-state index in [4.69, 9.17) is 4.74 Å². The predicted octanol–water partition coefficient (Wildman–Crippen LogP) is 1.72. The molecule has 2 heterocycles.